The molecular formula is C23H28BrN5O2. The van der Waals surface area contributed by atoms with Crippen LogP contribution in [0.4, 0.5) is 5.95 Å². The molecule has 1 aromatic carbocycles. The van der Waals surface area contributed by atoms with Crippen LogP contribution in [0, 0.1) is 5.92 Å². The predicted octanol–water partition coefficient (Wildman–Crippen LogP) is 3.50. The van der Waals surface area contributed by atoms with Gasteiger partial charge >= 0.3 is 5.69 Å². The normalized spacial score (nSPS) is 19.7. The zero-order valence-corrected chi connectivity index (χ0v) is 19.6. The van der Waals surface area contributed by atoms with E-state index >= 15 is 0 Å². The van der Waals surface area contributed by atoms with Crippen molar-refractivity contribution in [2.45, 2.75) is 58.2 Å². The van der Waals surface area contributed by atoms with Gasteiger partial charge in [-0.2, -0.15) is 4.98 Å². The second kappa shape index (κ2) is 7.97. The van der Waals surface area contributed by atoms with E-state index in [4.69, 9.17) is 4.98 Å². The number of benzene rings is 1. The van der Waals surface area contributed by atoms with E-state index in [2.05, 4.69) is 32.3 Å². The number of aryl methyl sites for hydroxylation is 1. The van der Waals surface area contributed by atoms with Gasteiger partial charge < -0.3 is 9.47 Å². The fraction of sp³-hybridized carbons (Fsp3) is 0.522. The molecule has 2 aromatic heterocycles. The third kappa shape index (κ3) is 3.54. The van der Waals surface area contributed by atoms with Crippen LogP contribution >= 0.6 is 15.9 Å². The van der Waals surface area contributed by atoms with Gasteiger partial charge in [0.15, 0.2) is 11.2 Å². The predicted molar refractivity (Wildman–Crippen MR) is 126 cm³/mol. The molecule has 3 aromatic rings. The van der Waals surface area contributed by atoms with E-state index in [-0.39, 0.29) is 17.8 Å². The first kappa shape index (κ1) is 20.5. The summed E-state index contributed by atoms with van der Waals surface area (Å²) in [7, 11) is 1.72. The van der Waals surface area contributed by atoms with E-state index in [0.29, 0.717) is 23.1 Å². The maximum absolute atomic E-state index is 13.6. The first-order valence-corrected chi connectivity index (χ1v) is 11.9. The van der Waals surface area contributed by atoms with E-state index in [9.17, 15) is 9.59 Å². The Labute approximate surface area is 189 Å². The number of halogens is 1. The van der Waals surface area contributed by atoms with Crippen LogP contribution < -0.4 is 16.1 Å². The fourth-order valence-corrected chi connectivity index (χ4v) is 5.42. The van der Waals surface area contributed by atoms with Gasteiger partial charge in [0, 0.05) is 30.7 Å². The van der Waals surface area contributed by atoms with Gasteiger partial charge in [0.25, 0.3) is 5.56 Å². The maximum Gasteiger partial charge on any atom is 0.332 e. The number of anilines is 1. The van der Waals surface area contributed by atoms with Crippen molar-refractivity contribution < 1.29 is 0 Å². The summed E-state index contributed by atoms with van der Waals surface area (Å²) in [5.74, 6) is 1.27. The van der Waals surface area contributed by atoms with Crippen molar-refractivity contribution >= 4 is 33.0 Å². The molecule has 0 spiro atoms. The second-order valence-electron chi connectivity index (χ2n) is 9.10. The topological polar surface area (TPSA) is 65.1 Å². The smallest absolute Gasteiger partial charge is 0.332 e. The van der Waals surface area contributed by atoms with Gasteiger partial charge in [-0.3, -0.25) is 13.9 Å². The monoisotopic (exact) mass is 485 g/mol. The average molecular weight is 486 g/mol. The number of fused-ring (bicyclic) bond motifs is 3. The minimum Gasteiger partial charge on any atom is -0.339 e. The fourth-order valence-electron chi connectivity index (χ4n) is 5.16. The highest BCUT2D eigenvalue weighted by molar-refractivity contribution is 9.10. The summed E-state index contributed by atoms with van der Waals surface area (Å²) in [6.45, 7) is 4.18. The van der Waals surface area contributed by atoms with Crippen molar-refractivity contribution in [1.29, 1.82) is 0 Å². The summed E-state index contributed by atoms with van der Waals surface area (Å²) in [6.07, 6.45) is 6.12. The Hall–Kier alpha value is -2.35. The lowest BCUT2D eigenvalue weighted by atomic mass is 9.93. The molecule has 0 radical (unpaired) electrons. The zero-order valence-electron chi connectivity index (χ0n) is 18.1. The third-order valence-electron chi connectivity index (χ3n) is 6.74. The van der Waals surface area contributed by atoms with Gasteiger partial charge in [0.2, 0.25) is 5.95 Å². The Morgan fingerprint density at radius 2 is 1.77 bits per heavy atom. The van der Waals surface area contributed by atoms with Crippen LogP contribution in [0.25, 0.3) is 11.2 Å². The molecule has 2 aliphatic rings. The maximum atomic E-state index is 13.6. The molecule has 0 N–H and O–H groups in total. The Morgan fingerprint density at radius 1 is 1.06 bits per heavy atom. The third-order valence-corrected chi connectivity index (χ3v) is 7.27. The van der Waals surface area contributed by atoms with Crippen molar-refractivity contribution in [3.05, 3.63) is 55.1 Å². The quantitative estimate of drug-likeness (QED) is 0.569. The summed E-state index contributed by atoms with van der Waals surface area (Å²) in [5.41, 5.74) is 1.37. The van der Waals surface area contributed by atoms with Gasteiger partial charge in [-0.05, 0) is 36.5 Å². The van der Waals surface area contributed by atoms with Crippen LogP contribution in [0.2, 0.25) is 0 Å². The molecule has 0 bridgehead atoms. The molecule has 1 fully saturated rings. The van der Waals surface area contributed by atoms with E-state index in [1.165, 1.54) is 41.2 Å². The highest BCUT2D eigenvalue weighted by atomic mass is 79.9. The summed E-state index contributed by atoms with van der Waals surface area (Å²) < 4.78 is 5.90. The second-order valence-corrected chi connectivity index (χ2v) is 10.0. The highest BCUT2D eigenvalue weighted by Gasteiger charge is 2.33. The number of hydrogen-bond acceptors (Lipinski definition) is 4. The summed E-state index contributed by atoms with van der Waals surface area (Å²) in [4.78, 5) is 33.9. The lowest BCUT2D eigenvalue weighted by molar-refractivity contribution is 0.354. The Morgan fingerprint density at radius 3 is 2.48 bits per heavy atom. The van der Waals surface area contributed by atoms with E-state index in [1.54, 1.807) is 7.05 Å². The van der Waals surface area contributed by atoms with Crippen LogP contribution in [-0.2, 0) is 20.1 Å². The van der Waals surface area contributed by atoms with Gasteiger partial charge in [0.05, 0.1) is 6.54 Å². The first-order valence-electron chi connectivity index (χ1n) is 11.1. The van der Waals surface area contributed by atoms with Crippen LogP contribution in [-0.4, -0.2) is 31.3 Å². The van der Waals surface area contributed by atoms with E-state index in [1.807, 2.05) is 24.3 Å². The molecular weight excluding hydrogens is 458 g/mol. The van der Waals surface area contributed by atoms with Crippen molar-refractivity contribution in [3.8, 4) is 0 Å². The molecule has 0 saturated heterocycles. The van der Waals surface area contributed by atoms with E-state index in [0.717, 1.165) is 29.1 Å². The SMILES string of the molecule is CC1CN(C2CCCCC2)c2nc3c(c(=O)n(Cc4ccc(Br)cc4)c(=O)n3C)n2C1. The number of imidazole rings is 1. The van der Waals surface area contributed by atoms with Crippen LogP contribution in [0.15, 0.2) is 38.3 Å². The number of hydrogen-bond donors (Lipinski definition) is 0. The van der Waals surface area contributed by atoms with Crippen LogP contribution in [0.1, 0.15) is 44.6 Å². The van der Waals surface area contributed by atoms with Gasteiger partial charge in [-0.1, -0.05) is 54.2 Å². The molecule has 1 atom stereocenters. The molecule has 0 amide bonds. The summed E-state index contributed by atoms with van der Waals surface area (Å²) in [6, 6.07) is 8.17. The molecule has 3 heterocycles. The molecule has 1 saturated carbocycles. The molecule has 164 valence electrons. The Balaban J connectivity index is 1.66. The molecule has 7 nitrogen and oxygen atoms in total. The van der Waals surface area contributed by atoms with Crippen molar-refractivity contribution in [1.82, 2.24) is 18.7 Å². The van der Waals surface area contributed by atoms with Gasteiger partial charge in [0.1, 0.15) is 0 Å². The lowest BCUT2D eigenvalue weighted by Gasteiger charge is -2.40. The molecule has 5 rings (SSSR count). The molecule has 1 unspecified atom stereocenters. The van der Waals surface area contributed by atoms with Crippen LogP contribution in [0.5, 0.6) is 0 Å². The average Bonchev–Trinajstić information content (AvgIpc) is 3.16. The Bertz CT molecular complexity index is 1230. The van der Waals surface area contributed by atoms with Crippen LogP contribution in [0.3, 0.4) is 0 Å². The highest BCUT2D eigenvalue weighted by Crippen LogP contribution is 2.33. The van der Waals surface area contributed by atoms with Gasteiger partial charge in [-0.25, -0.2) is 4.79 Å². The number of rotatable bonds is 3. The van der Waals surface area contributed by atoms with Gasteiger partial charge in [-0.15, -0.1) is 0 Å². The number of nitrogens with zero attached hydrogens (tertiary/aromatic N) is 5. The van der Waals surface area contributed by atoms with Crippen molar-refractivity contribution in [2.75, 3.05) is 11.4 Å². The van der Waals surface area contributed by atoms with E-state index < -0.39 is 0 Å². The minimum atomic E-state index is -0.326. The van der Waals surface area contributed by atoms with Crippen molar-refractivity contribution in [3.63, 3.8) is 0 Å². The standard InChI is InChI=1S/C23H28BrN5O2/c1-15-12-27(18-6-4-3-5-7-18)22-25-20-19(28(22)13-15)21(30)29(23(31)26(20)2)14-16-8-10-17(24)11-9-16/h8-11,15,18H,3-7,12-14H2,1-2H3. The molecule has 1 aliphatic carbocycles. The first-order chi connectivity index (χ1) is 14.9. The molecule has 1 aliphatic heterocycles. The molecule has 8 heteroatoms. The largest absolute Gasteiger partial charge is 0.339 e. The summed E-state index contributed by atoms with van der Waals surface area (Å²) in [5, 5.41) is 0. The molecule has 31 heavy (non-hydrogen) atoms. The summed E-state index contributed by atoms with van der Waals surface area (Å²) >= 11 is 3.43. The van der Waals surface area contributed by atoms with Crippen molar-refractivity contribution in [2.24, 2.45) is 13.0 Å². The number of aromatic nitrogens is 4. The Kier molecular flexibility index (Phi) is 5.28. The zero-order chi connectivity index (χ0) is 21.7. The lowest BCUT2D eigenvalue weighted by Crippen LogP contribution is -2.45. The minimum absolute atomic E-state index is 0.247.